The summed E-state index contributed by atoms with van der Waals surface area (Å²) in [5.74, 6) is 1.95. The number of hydrogen-bond donors (Lipinski definition) is 1. The van der Waals surface area contributed by atoms with Gasteiger partial charge in [-0.15, -0.1) is 0 Å². The molecule has 2 fully saturated rings. The van der Waals surface area contributed by atoms with Crippen LogP contribution in [0.3, 0.4) is 0 Å². The Kier molecular flexibility index (Phi) is 5.95. The molecule has 28 heavy (non-hydrogen) atoms. The van der Waals surface area contributed by atoms with Gasteiger partial charge in [-0.2, -0.15) is 0 Å². The van der Waals surface area contributed by atoms with Gasteiger partial charge in [0.1, 0.15) is 11.6 Å². The number of piperidine rings is 2. The van der Waals surface area contributed by atoms with E-state index in [4.69, 9.17) is 10.5 Å². The molecular formula is C22H30N4O2. The van der Waals surface area contributed by atoms with Crippen LogP contribution in [0.25, 0.3) is 11.4 Å². The molecule has 4 rings (SSSR count). The van der Waals surface area contributed by atoms with Crippen molar-refractivity contribution in [2.24, 2.45) is 11.7 Å². The van der Waals surface area contributed by atoms with E-state index in [0.717, 1.165) is 29.9 Å². The van der Waals surface area contributed by atoms with Crippen molar-refractivity contribution in [2.45, 2.75) is 51.1 Å². The molecule has 2 aliphatic heterocycles. The molecule has 2 atom stereocenters. The van der Waals surface area contributed by atoms with Crippen LogP contribution in [0.5, 0.6) is 5.75 Å². The van der Waals surface area contributed by atoms with Crippen molar-refractivity contribution < 1.29 is 9.53 Å². The Hall–Kier alpha value is -2.34. The molecule has 0 radical (unpaired) electrons. The Bertz CT molecular complexity index is 784. The number of benzene rings is 1. The van der Waals surface area contributed by atoms with Crippen LogP contribution in [0, 0.1) is 5.92 Å². The van der Waals surface area contributed by atoms with Crippen LogP contribution in [0.15, 0.2) is 36.7 Å². The number of nitrogens with two attached hydrogens (primary N) is 1. The smallest absolute Gasteiger partial charge is 0.255 e. The van der Waals surface area contributed by atoms with Crippen molar-refractivity contribution in [1.29, 1.82) is 0 Å². The van der Waals surface area contributed by atoms with Gasteiger partial charge in [-0.25, -0.2) is 4.98 Å². The van der Waals surface area contributed by atoms with Gasteiger partial charge in [-0.05, 0) is 75.4 Å². The summed E-state index contributed by atoms with van der Waals surface area (Å²) < 4.78 is 7.61. The van der Waals surface area contributed by atoms with Gasteiger partial charge in [-0.1, -0.05) is 6.42 Å². The normalized spacial score (nSPS) is 22.6. The van der Waals surface area contributed by atoms with Gasteiger partial charge in [0.15, 0.2) is 6.61 Å². The third-order valence-electron chi connectivity index (χ3n) is 6.18. The lowest BCUT2D eigenvalue weighted by Gasteiger charge is -2.44. The average Bonchev–Trinajstić information content (AvgIpc) is 3.19. The second-order valence-corrected chi connectivity index (χ2v) is 8.01. The fourth-order valence-corrected chi connectivity index (χ4v) is 4.82. The maximum Gasteiger partial charge on any atom is 0.255 e. The highest BCUT2D eigenvalue weighted by atomic mass is 16.5. The number of aryl methyl sites for hydroxylation is 1. The zero-order valence-corrected chi connectivity index (χ0v) is 16.4. The van der Waals surface area contributed by atoms with Crippen molar-refractivity contribution >= 4 is 5.91 Å². The number of rotatable bonds is 7. The van der Waals surface area contributed by atoms with Crippen LogP contribution < -0.4 is 10.5 Å². The van der Waals surface area contributed by atoms with E-state index in [1.165, 1.54) is 51.6 Å². The largest absolute Gasteiger partial charge is 0.484 e. The molecule has 1 aromatic carbocycles. The summed E-state index contributed by atoms with van der Waals surface area (Å²) in [6.45, 7) is 3.49. The highest BCUT2D eigenvalue weighted by Crippen LogP contribution is 2.33. The summed E-state index contributed by atoms with van der Waals surface area (Å²) in [7, 11) is 0. The van der Waals surface area contributed by atoms with E-state index in [0.29, 0.717) is 5.75 Å². The third-order valence-corrected chi connectivity index (χ3v) is 6.18. The summed E-state index contributed by atoms with van der Waals surface area (Å²) in [5.41, 5.74) is 6.18. The molecule has 1 aromatic heterocycles. The summed E-state index contributed by atoms with van der Waals surface area (Å²) >= 11 is 0. The second-order valence-electron chi connectivity index (χ2n) is 8.01. The van der Waals surface area contributed by atoms with Gasteiger partial charge in [0.25, 0.3) is 5.91 Å². The molecule has 0 saturated carbocycles. The fourth-order valence-electron chi connectivity index (χ4n) is 4.82. The molecule has 0 aliphatic carbocycles. The minimum absolute atomic E-state index is 0.104. The van der Waals surface area contributed by atoms with Crippen molar-refractivity contribution in [2.75, 3.05) is 19.7 Å². The quantitative estimate of drug-likeness (QED) is 0.799. The summed E-state index contributed by atoms with van der Waals surface area (Å²) in [5, 5.41) is 0. The van der Waals surface area contributed by atoms with E-state index >= 15 is 0 Å². The van der Waals surface area contributed by atoms with Gasteiger partial charge in [0.2, 0.25) is 0 Å². The number of carbonyl (C=O) groups is 1. The number of primary amides is 1. The molecule has 2 saturated heterocycles. The number of hydrogen-bond acceptors (Lipinski definition) is 4. The Morgan fingerprint density at radius 2 is 1.96 bits per heavy atom. The summed E-state index contributed by atoms with van der Waals surface area (Å²) in [6, 6.07) is 8.48. The van der Waals surface area contributed by atoms with Crippen LogP contribution >= 0.6 is 0 Å². The lowest BCUT2D eigenvalue weighted by molar-refractivity contribution is -0.119. The number of ether oxygens (including phenoxy) is 1. The second kappa shape index (κ2) is 8.78. The van der Waals surface area contributed by atoms with E-state index < -0.39 is 5.91 Å². The first-order chi connectivity index (χ1) is 13.7. The molecule has 6 nitrogen and oxygen atoms in total. The van der Waals surface area contributed by atoms with Crippen LogP contribution in [-0.4, -0.2) is 46.1 Å². The maximum atomic E-state index is 10.8. The Labute approximate surface area is 166 Å². The summed E-state index contributed by atoms with van der Waals surface area (Å²) in [4.78, 5) is 18.1. The minimum atomic E-state index is -0.473. The number of nitrogens with zero attached hydrogens (tertiary/aromatic N) is 3. The van der Waals surface area contributed by atoms with Crippen molar-refractivity contribution in [3.05, 3.63) is 36.7 Å². The van der Waals surface area contributed by atoms with Crippen molar-refractivity contribution in [3.63, 3.8) is 0 Å². The first kappa shape index (κ1) is 19.0. The first-order valence-electron chi connectivity index (χ1n) is 10.5. The molecule has 2 aromatic rings. The van der Waals surface area contributed by atoms with Crippen molar-refractivity contribution in [3.8, 4) is 17.1 Å². The SMILES string of the molecule is NC(=O)COc1ccc(-c2nccn2CC[C@@H]2CCCN3CCCC[C@H]23)cc1. The molecule has 0 spiro atoms. The Morgan fingerprint density at radius 3 is 2.79 bits per heavy atom. The Morgan fingerprint density at radius 1 is 1.14 bits per heavy atom. The number of amides is 1. The van der Waals surface area contributed by atoms with E-state index in [-0.39, 0.29) is 6.61 Å². The molecule has 2 aliphatic rings. The van der Waals surface area contributed by atoms with E-state index in [2.05, 4.69) is 20.6 Å². The van der Waals surface area contributed by atoms with Crippen LogP contribution in [0.4, 0.5) is 0 Å². The lowest BCUT2D eigenvalue weighted by atomic mass is 9.81. The highest BCUT2D eigenvalue weighted by Gasteiger charge is 2.32. The molecule has 3 heterocycles. The van der Waals surface area contributed by atoms with Crippen LogP contribution in [0.2, 0.25) is 0 Å². The maximum absolute atomic E-state index is 10.8. The van der Waals surface area contributed by atoms with Crippen LogP contribution in [-0.2, 0) is 11.3 Å². The standard InChI is InChI=1S/C22H30N4O2/c23-21(27)16-28-19-8-6-18(7-9-19)22-24-11-15-26(22)14-10-17-4-3-13-25-12-2-1-5-20(17)25/h6-9,11,15,17,20H,1-5,10,12-14,16H2,(H2,23,27)/t17-,20+/m0/s1. The fraction of sp³-hybridized carbons (Fsp3) is 0.545. The topological polar surface area (TPSA) is 73.4 Å². The highest BCUT2D eigenvalue weighted by molar-refractivity contribution is 5.75. The zero-order chi connectivity index (χ0) is 19.3. The van der Waals surface area contributed by atoms with Gasteiger partial charge in [0.05, 0.1) is 0 Å². The molecular weight excluding hydrogens is 352 g/mol. The molecule has 0 bridgehead atoms. The first-order valence-corrected chi connectivity index (χ1v) is 10.5. The number of fused-ring (bicyclic) bond motifs is 1. The van der Waals surface area contributed by atoms with Gasteiger partial charge in [-0.3, -0.25) is 4.79 Å². The van der Waals surface area contributed by atoms with Gasteiger partial charge < -0.3 is 19.9 Å². The molecule has 0 unspecified atom stereocenters. The van der Waals surface area contributed by atoms with Crippen molar-refractivity contribution in [1.82, 2.24) is 14.5 Å². The minimum Gasteiger partial charge on any atom is -0.484 e. The molecule has 1 amide bonds. The number of aromatic nitrogens is 2. The van der Waals surface area contributed by atoms with Gasteiger partial charge >= 0.3 is 0 Å². The monoisotopic (exact) mass is 382 g/mol. The third kappa shape index (κ3) is 4.38. The lowest BCUT2D eigenvalue weighted by Crippen LogP contribution is -2.48. The van der Waals surface area contributed by atoms with E-state index in [1.54, 1.807) is 0 Å². The van der Waals surface area contributed by atoms with E-state index in [9.17, 15) is 4.79 Å². The average molecular weight is 383 g/mol. The molecule has 2 N–H and O–H groups in total. The van der Waals surface area contributed by atoms with Crippen LogP contribution in [0.1, 0.15) is 38.5 Å². The number of carbonyl (C=O) groups excluding carboxylic acids is 1. The predicted octanol–water partition coefficient (Wildman–Crippen LogP) is 3.07. The zero-order valence-electron chi connectivity index (χ0n) is 16.4. The Balaban J connectivity index is 1.39. The molecule has 150 valence electrons. The summed E-state index contributed by atoms with van der Waals surface area (Å²) in [6.07, 6.45) is 12.0. The molecule has 6 heteroatoms. The van der Waals surface area contributed by atoms with Gasteiger partial charge in [0, 0.05) is 30.5 Å². The van der Waals surface area contributed by atoms with E-state index in [1.807, 2.05) is 30.5 Å². The predicted molar refractivity (Wildman–Crippen MR) is 109 cm³/mol. The number of imidazole rings is 1.